The SMILES string of the molecule is CCC1CCCCCN1CC1C(=O)C(C)(C)OC1(C)C. The predicted molar refractivity (Wildman–Crippen MR) is 81.9 cm³/mol. The normalized spacial score (nSPS) is 34.1. The summed E-state index contributed by atoms with van der Waals surface area (Å²) in [5, 5.41) is 0. The van der Waals surface area contributed by atoms with Crippen LogP contribution >= 0.6 is 0 Å². The first-order valence-electron chi connectivity index (χ1n) is 8.26. The molecule has 0 saturated carbocycles. The van der Waals surface area contributed by atoms with Gasteiger partial charge >= 0.3 is 0 Å². The van der Waals surface area contributed by atoms with Crippen LogP contribution in [0.25, 0.3) is 0 Å². The van der Waals surface area contributed by atoms with Crippen molar-refractivity contribution in [2.75, 3.05) is 13.1 Å². The van der Waals surface area contributed by atoms with Gasteiger partial charge in [0.25, 0.3) is 0 Å². The van der Waals surface area contributed by atoms with Crippen LogP contribution in [-0.2, 0) is 9.53 Å². The number of carbonyl (C=O) groups is 1. The van der Waals surface area contributed by atoms with Crippen LogP contribution in [0.1, 0.15) is 66.7 Å². The molecule has 0 amide bonds. The highest BCUT2D eigenvalue weighted by molar-refractivity contribution is 5.91. The summed E-state index contributed by atoms with van der Waals surface area (Å²) in [6.45, 7) is 12.2. The zero-order valence-corrected chi connectivity index (χ0v) is 13.9. The lowest BCUT2D eigenvalue weighted by Crippen LogP contribution is -2.45. The van der Waals surface area contributed by atoms with E-state index in [2.05, 4.69) is 25.7 Å². The van der Waals surface area contributed by atoms with Gasteiger partial charge in [0.2, 0.25) is 0 Å². The lowest BCUT2D eigenvalue weighted by atomic mass is 9.85. The zero-order chi connectivity index (χ0) is 15.0. The second-order valence-electron chi connectivity index (χ2n) is 7.54. The minimum absolute atomic E-state index is 0.00431. The number of hydrogen-bond donors (Lipinski definition) is 0. The van der Waals surface area contributed by atoms with Crippen molar-refractivity contribution in [3.8, 4) is 0 Å². The fourth-order valence-electron chi connectivity index (χ4n) is 3.99. The maximum atomic E-state index is 12.6. The average Bonchev–Trinajstić information content (AvgIpc) is 2.53. The molecule has 2 saturated heterocycles. The lowest BCUT2D eigenvalue weighted by Gasteiger charge is -2.34. The predicted octanol–water partition coefficient (Wildman–Crippen LogP) is 3.41. The number of hydrogen-bond acceptors (Lipinski definition) is 3. The van der Waals surface area contributed by atoms with E-state index in [-0.39, 0.29) is 17.3 Å². The van der Waals surface area contributed by atoms with Crippen molar-refractivity contribution in [3.63, 3.8) is 0 Å². The highest BCUT2D eigenvalue weighted by Gasteiger charge is 2.53. The Hall–Kier alpha value is -0.410. The van der Waals surface area contributed by atoms with E-state index in [1.54, 1.807) is 0 Å². The third-order valence-corrected chi connectivity index (χ3v) is 5.15. The average molecular weight is 281 g/mol. The summed E-state index contributed by atoms with van der Waals surface area (Å²) >= 11 is 0. The van der Waals surface area contributed by atoms with E-state index in [4.69, 9.17) is 4.74 Å². The van der Waals surface area contributed by atoms with Gasteiger partial charge in [-0.25, -0.2) is 0 Å². The molecule has 0 aromatic rings. The summed E-state index contributed by atoms with van der Waals surface area (Å²) in [6, 6.07) is 0.643. The first kappa shape index (κ1) is 16.0. The third kappa shape index (κ3) is 3.09. The summed E-state index contributed by atoms with van der Waals surface area (Å²) in [5.41, 5.74) is -0.965. The van der Waals surface area contributed by atoms with Crippen LogP contribution in [0.2, 0.25) is 0 Å². The van der Waals surface area contributed by atoms with Crippen molar-refractivity contribution >= 4 is 5.78 Å². The van der Waals surface area contributed by atoms with Gasteiger partial charge in [-0.3, -0.25) is 9.69 Å². The summed E-state index contributed by atoms with van der Waals surface area (Å²) < 4.78 is 6.03. The number of ether oxygens (including phenoxy) is 1. The van der Waals surface area contributed by atoms with Gasteiger partial charge in [0.1, 0.15) is 5.60 Å². The van der Waals surface area contributed by atoms with E-state index in [0.29, 0.717) is 6.04 Å². The van der Waals surface area contributed by atoms with Crippen LogP contribution in [0.15, 0.2) is 0 Å². The van der Waals surface area contributed by atoms with E-state index in [1.807, 2.05) is 13.8 Å². The first-order valence-corrected chi connectivity index (χ1v) is 8.26. The molecule has 2 unspecified atom stereocenters. The molecule has 2 aliphatic rings. The molecular formula is C17H31NO2. The van der Waals surface area contributed by atoms with Crippen LogP contribution < -0.4 is 0 Å². The molecule has 2 atom stereocenters. The number of carbonyl (C=O) groups excluding carboxylic acids is 1. The Morgan fingerprint density at radius 2 is 1.90 bits per heavy atom. The molecule has 2 fully saturated rings. The van der Waals surface area contributed by atoms with Gasteiger partial charge in [-0.15, -0.1) is 0 Å². The molecule has 0 bridgehead atoms. The van der Waals surface area contributed by atoms with Gasteiger partial charge < -0.3 is 4.74 Å². The second-order valence-corrected chi connectivity index (χ2v) is 7.54. The molecule has 2 heterocycles. The smallest absolute Gasteiger partial charge is 0.171 e. The standard InChI is InChI=1S/C17H31NO2/c1-6-13-10-8-7-9-11-18(13)12-14-15(19)17(4,5)20-16(14,2)3/h13-14H,6-12H2,1-5H3. The Balaban J connectivity index is 2.12. The third-order valence-electron chi connectivity index (χ3n) is 5.15. The van der Waals surface area contributed by atoms with Crippen LogP contribution in [0.5, 0.6) is 0 Å². The monoisotopic (exact) mass is 281 g/mol. The fourth-order valence-corrected chi connectivity index (χ4v) is 3.99. The Morgan fingerprint density at radius 3 is 2.45 bits per heavy atom. The molecule has 2 aliphatic heterocycles. The van der Waals surface area contributed by atoms with Gasteiger partial charge in [-0.1, -0.05) is 19.8 Å². The van der Waals surface area contributed by atoms with Crippen molar-refractivity contribution in [1.29, 1.82) is 0 Å². The Labute approximate surface area is 124 Å². The molecule has 0 aromatic heterocycles. The van der Waals surface area contributed by atoms with E-state index in [1.165, 1.54) is 32.1 Å². The molecule has 0 N–H and O–H groups in total. The van der Waals surface area contributed by atoms with Crippen molar-refractivity contribution in [3.05, 3.63) is 0 Å². The quantitative estimate of drug-likeness (QED) is 0.794. The summed E-state index contributed by atoms with van der Waals surface area (Å²) in [4.78, 5) is 15.2. The van der Waals surface area contributed by atoms with Gasteiger partial charge in [-0.05, 0) is 53.5 Å². The molecule has 0 aromatic carbocycles. The largest absolute Gasteiger partial charge is 0.361 e. The number of rotatable bonds is 3. The zero-order valence-electron chi connectivity index (χ0n) is 13.9. The van der Waals surface area contributed by atoms with Crippen LogP contribution in [0.3, 0.4) is 0 Å². The Kier molecular flexibility index (Phi) is 4.60. The lowest BCUT2D eigenvalue weighted by molar-refractivity contribution is -0.132. The minimum Gasteiger partial charge on any atom is -0.361 e. The first-order chi connectivity index (χ1) is 9.28. The summed E-state index contributed by atoms with van der Waals surface area (Å²) in [5.74, 6) is 0.284. The second kappa shape index (κ2) is 5.76. The minimum atomic E-state index is -0.623. The molecule has 0 radical (unpaired) electrons. The molecular weight excluding hydrogens is 250 g/mol. The molecule has 116 valence electrons. The van der Waals surface area contributed by atoms with Crippen molar-refractivity contribution in [2.45, 2.75) is 84.0 Å². The van der Waals surface area contributed by atoms with Gasteiger partial charge in [-0.2, -0.15) is 0 Å². The van der Waals surface area contributed by atoms with Gasteiger partial charge in [0.15, 0.2) is 5.78 Å². The molecule has 2 rings (SSSR count). The molecule has 20 heavy (non-hydrogen) atoms. The number of nitrogens with zero attached hydrogens (tertiary/aromatic N) is 1. The van der Waals surface area contributed by atoms with Gasteiger partial charge in [0.05, 0.1) is 11.5 Å². The Bertz CT molecular complexity index is 362. The van der Waals surface area contributed by atoms with Crippen LogP contribution in [-0.4, -0.2) is 41.0 Å². The fraction of sp³-hybridized carbons (Fsp3) is 0.941. The highest BCUT2D eigenvalue weighted by Crippen LogP contribution is 2.40. The maximum absolute atomic E-state index is 12.6. The van der Waals surface area contributed by atoms with E-state index < -0.39 is 5.60 Å². The molecule has 3 heteroatoms. The molecule has 3 nitrogen and oxygen atoms in total. The van der Waals surface area contributed by atoms with Gasteiger partial charge in [0, 0.05) is 12.6 Å². The Morgan fingerprint density at radius 1 is 1.20 bits per heavy atom. The molecule has 0 aliphatic carbocycles. The van der Waals surface area contributed by atoms with E-state index in [0.717, 1.165) is 13.1 Å². The van der Waals surface area contributed by atoms with E-state index >= 15 is 0 Å². The van der Waals surface area contributed by atoms with Crippen LogP contribution in [0, 0.1) is 5.92 Å². The number of ketones is 1. The summed E-state index contributed by atoms with van der Waals surface area (Å²) in [6.07, 6.45) is 6.39. The van der Waals surface area contributed by atoms with E-state index in [9.17, 15) is 4.79 Å². The topological polar surface area (TPSA) is 29.5 Å². The number of likely N-dealkylation sites (tertiary alicyclic amines) is 1. The van der Waals surface area contributed by atoms with Crippen molar-refractivity contribution < 1.29 is 9.53 Å². The summed E-state index contributed by atoms with van der Waals surface area (Å²) in [7, 11) is 0. The van der Waals surface area contributed by atoms with Crippen LogP contribution in [0.4, 0.5) is 0 Å². The van der Waals surface area contributed by atoms with Crippen molar-refractivity contribution in [2.24, 2.45) is 5.92 Å². The highest BCUT2D eigenvalue weighted by atomic mass is 16.5. The maximum Gasteiger partial charge on any atom is 0.171 e. The van der Waals surface area contributed by atoms with Crippen molar-refractivity contribution in [1.82, 2.24) is 4.90 Å². The molecule has 0 spiro atoms. The number of Topliss-reactive ketones (excluding diaryl/α,β-unsaturated/α-hetero) is 1.